The molecule has 14 heteroatoms. The first kappa shape index (κ1) is 27.9. The summed E-state index contributed by atoms with van der Waals surface area (Å²) in [5.74, 6) is -1.94. The minimum absolute atomic E-state index is 0.0169. The van der Waals surface area contributed by atoms with E-state index in [0.717, 1.165) is 43.7 Å². The Kier molecular flexibility index (Phi) is 8.46. The van der Waals surface area contributed by atoms with E-state index >= 15 is 0 Å². The molecule has 5 N–H and O–H groups in total. The van der Waals surface area contributed by atoms with Crippen molar-refractivity contribution in [3.63, 3.8) is 0 Å². The monoisotopic (exact) mass is 517 g/mol. The summed E-state index contributed by atoms with van der Waals surface area (Å²) in [6.45, 7) is 0. The van der Waals surface area contributed by atoms with E-state index in [9.17, 15) is 35.5 Å². The molecule has 0 saturated carbocycles. The molecule has 0 heterocycles. The van der Waals surface area contributed by atoms with Crippen LogP contribution >= 0.6 is 0 Å². The number of nitrogens with two attached hydrogens (primary N) is 2. The highest BCUT2D eigenvalue weighted by Gasteiger charge is 2.41. The minimum Gasteiger partial charge on any atom is -0.409 e. The Balaban J connectivity index is 2.74. The number of benzene rings is 2. The van der Waals surface area contributed by atoms with Crippen molar-refractivity contribution in [1.29, 1.82) is 5.41 Å². The summed E-state index contributed by atoms with van der Waals surface area (Å²) in [5, 5.41) is 7.14. The fourth-order valence-corrected chi connectivity index (χ4v) is 2.73. The summed E-state index contributed by atoms with van der Waals surface area (Å²) in [6.07, 6.45) is -9.13. The van der Waals surface area contributed by atoms with Crippen LogP contribution in [0, 0.1) is 11.2 Å². The molecule has 0 aliphatic heterocycles. The third-order valence-electron chi connectivity index (χ3n) is 4.56. The average Bonchev–Trinajstić information content (AvgIpc) is 2.81. The lowest BCUT2D eigenvalue weighted by molar-refractivity contribution is -0.143. The molecule has 0 radical (unpaired) electrons. The van der Waals surface area contributed by atoms with E-state index in [0.29, 0.717) is 23.4 Å². The van der Waals surface area contributed by atoms with Gasteiger partial charge in [0.25, 0.3) is 0 Å². The van der Waals surface area contributed by atoms with Crippen molar-refractivity contribution in [1.82, 2.24) is 0 Å². The van der Waals surface area contributed by atoms with E-state index in [2.05, 4.69) is 4.99 Å². The highest BCUT2D eigenvalue weighted by atomic mass is 19.4. The van der Waals surface area contributed by atoms with E-state index in [-0.39, 0.29) is 17.5 Å². The largest absolute Gasteiger partial charge is 0.420 e. The standard InChI is InChI=1S/C22H18F7N5O2/c1-34(16-4-2-14(23)3-5-16)20(35)36-19-17(12(8-30)11-33-15(9-31)10-32)6-13(21(24,25)26)7-18(19)22(27,28)29/h2-11,31H,30,32H2,1H3/b12-8?,15-10+,31-9?,33-11?. The Morgan fingerprint density at radius 2 is 1.64 bits per heavy atom. The zero-order chi connectivity index (χ0) is 27.3. The molecule has 0 unspecified atom stereocenters. The Labute approximate surface area is 199 Å². The highest BCUT2D eigenvalue weighted by Crippen LogP contribution is 2.44. The lowest BCUT2D eigenvalue weighted by Crippen LogP contribution is -2.30. The Morgan fingerprint density at radius 1 is 1.03 bits per heavy atom. The molecule has 36 heavy (non-hydrogen) atoms. The van der Waals surface area contributed by atoms with E-state index in [1.807, 2.05) is 0 Å². The van der Waals surface area contributed by atoms with E-state index in [4.69, 9.17) is 21.6 Å². The fourth-order valence-electron chi connectivity index (χ4n) is 2.73. The van der Waals surface area contributed by atoms with Gasteiger partial charge in [0.05, 0.1) is 16.8 Å². The second-order valence-electron chi connectivity index (χ2n) is 6.92. The molecule has 2 aromatic carbocycles. The van der Waals surface area contributed by atoms with Crippen LogP contribution in [0.4, 0.5) is 41.2 Å². The summed E-state index contributed by atoms with van der Waals surface area (Å²) >= 11 is 0. The van der Waals surface area contributed by atoms with Gasteiger partial charge in [-0.15, -0.1) is 0 Å². The lowest BCUT2D eigenvalue weighted by atomic mass is 9.98. The maximum atomic E-state index is 13.9. The Morgan fingerprint density at radius 3 is 2.11 bits per heavy atom. The van der Waals surface area contributed by atoms with Gasteiger partial charge in [-0.1, -0.05) is 0 Å². The predicted molar refractivity (Wildman–Crippen MR) is 119 cm³/mol. The zero-order valence-electron chi connectivity index (χ0n) is 18.3. The highest BCUT2D eigenvalue weighted by molar-refractivity contribution is 6.12. The maximum absolute atomic E-state index is 13.9. The Bertz CT molecular complexity index is 1220. The summed E-state index contributed by atoms with van der Waals surface area (Å²) < 4.78 is 100.0. The first-order valence-corrected chi connectivity index (χ1v) is 9.65. The number of aliphatic imine (C=N–C) groups is 1. The molecule has 0 aliphatic carbocycles. The molecule has 0 bridgehead atoms. The third-order valence-corrected chi connectivity index (χ3v) is 4.56. The topological polar surface area (TPSA) is 118 Å². The minimum atomic E-state index is -5.39. The summed E-state index contributed by atoms with van der Waals surface area (Å²) in [7, 11) is 1.09. The number of hydrogen-bond donors (Lipinski definition) is 3. The number of rotatable bonds is 6. The molecule has 0 spiro atoms. The molecule has 7 nitrogen and oxygen atoms in total. The van der Waals surface area contributed by atoms with Gasteiger partial charge >= 0.3 is 18.4 Å². The predicted octanol–water partition coefficient (Wildman–Crippen LogP) is 5.32. The summed E-state index contributed by atoms with van der Waals surface area (Å²) in [4.78, 5) is 17.0. The number of amides is 1. The normalized spacial score (nSPS) is 13.1. The van der Waals surface area contributed by atoms with Gasteiger partial charge in [-0.05, 0) is 36.4 Å². The van der Waals surface area contributed by atoms with E-state index in [1.54, 1.807) is 0 Å². The maximum Gasteiger partial charge on any atom is 0.420 e. The number of nitrogens with one attached hydrogen (secondary N) is 1. The number of alkyl halides is 6. The third kappa shape index (κ3) is 6.61. The van der Waals surface area contributed by atoms with Crippen molar-refractivity contribution in [2.45, 2.75) is 12.4 Å². The SMILES string of the molecule is CN(C(=O)Oc1c(C(C=N/C(C=N)=C/N)=CN)cc(C(F)(F)F)cc1C(F)(F)F)c1ccc(F)cc1. The van der Waals surface area contributed by atoms with Gasteiger partial charge in [-0.3, -0.25) is 9.89 Å². The van der Waals surface area contributed by atoms with Crippen molar-refractivity contribution in [2.75, 3.05) is 11.9 Å². The van der Waals surface area contributed by atoms with Crippen LogP contribution in [-0.4, -0.2) is 25.6 Å². The molecule has 0 aliphatic rings. The van der Waals surface area contributed by atoms with Gasteiger partial charge in [-0.25, -0.2) is 9.18 Å². The second-order valence-corrected chi connectivity index (χ2v) is 6.92. The van der Waals surface area contributed by atoms with Crippen LogP contribution in [0.1, 0.15) is 16.7 Å². The molecule has 1 amide bonds. The van der Waals surface area contributed by atoms with Gasteiger partial charge in [0, 0.05) is 48.7 Å². The van der Waals surface area contributed by atoms with Crippen molar-refractivity contribution in [3.8, 4) is 5.75 Å². The molecule has 192 valence electrons. The number of carbonyl (C=O) groups excluding carboxylic acids is 1. The van der Waals surface area contributed by atoms with Crippen LogP contribution in [-0.2, 0) is 12.4 Å². The molecular weight excluding hydrogens is 499 g/mol. The first-order valence-electron chi connectivity index (χ1n) is 9.65. The smallest absolute Gasteiger partial charge is 0.409 e. The molecule has 0 saturated heterocycles. The quantitative estimate of drug-likeness (QED) is 0.355. The van der Waals surface area contributed by atoms with Crippen LogP contribution in [0.15, 0.2) is 59.5 Å². The Hall–Kier alpha value is -4.36. The molecule has 2 aromatic rings. The summed E-state index contributed by atoms with van der Waals surface area (Å²) in [5.41, 5.74) is 5.49. The number of anilines is 1. The number of hydrogen-bond acceptors (Lipinski definition) is 6. The number of ether oxygens (including phenoxy) is 1. The number of halogens is 7. The van der Waals surface area contributed by atoms with Gasteiger partial charge in [0.1, 0.15) is 5.82 Å². The zero-order valence-corrected chi connectivity index (χ0v) is 18.3. The summed E-state index contributed by atoms with van der Waals surface area (Å²) in [6, 6.07) is 4.30. The number of nitrogens with zero attached hydrogens (tertiary/aromatic N) is 2. The van der Waals surface area contributed by atoms with Crippen LogP contribution in [0.2, 0.25) is 0 Å². The number of carbonyl (C=O) groups is 1. The van der Waals surface area contributed by atoms with Gasteiger partial charge in [0.15, 0.2) is 5.75 Å². The van der Waals surface area contributed by atoms with E-state index < -0.39 is 52.3 Å². The van der Waals surface area contributed by atoms with Gasteiger partial charge < -0.3 is 21.6 Å². The fraction of sp³-hybridized carbons (Fsp3) is 0.136. The van der Waals surface area contributed by atoms with Crippen molar-refractivity contribution in [3.05, 3.63) is 77.0 Å². The average molecular weight is 517 g/mol. The van der Waals surface area contributed by atoms with Crippen molar-refractivity contribution >= 4 is 29.8 Å². The van der Waals surface area contributed by atoms with Crippen LogP contribution in [0.3, 0.4) is 0 Å². The van der Waals surface area contributed by atoms with Crippen LogP contribution < -0.4 is 21.1 Å². The van der Waals surface area contributed by atoms with Crippen LogP contribution in [0.5, 0.6) is 5.75 Å². The van der Waals surface area contributed by atoms with Crippen molar-refractivity contribution < 1.29 is 40.3 Å². The van der Waals surface area contributed by atoms with E-state index in [1.165, 1.54) is 0 Å². The number of allylic oxidation sites excluding steroid dienone is 2. The second kappa shape index (κ2) is 10.9. The van der Waals surface area contributed by atoms with Crippen LogP contribution in [0.25, 0.3) is 5.57 Å². The van der Waals surface area contributed by atoms with Gasteiger partial charge in [0.2, 0.25) is 0 Å². The molecule has 0 fully saturated rings. The lowest BCUT2D eigenvalue weighted by Gasteiger charge is -2.22. The van der Waals surface area contributed by atoms with Crippen molar-refractivity contribution in [2.24, 2.45) is 16.5 Å². The molecule has 0 aromatic heterocycles. The molecular formula is C22H18F7N5O2. The first-order chi connectivity index (χ1) is 16.7. The van der Waals surface area contributed by atoms with Gasteiger partial charge in [-0.2, -0.15) is 26.3 Å². The molecule has 0 atom stereocenters. The molecule has 2 rings (SSSR count).